The van der Waals surface area contributed by atoms with Crippen LogP contribution in [0.2, 0.25) is 0 Å². The van der Waals surface area contributed by atoms with Crippen molar-refractivity contribution in [1.82, 2.24) is 15.4 Å². The van der Waals surface area contributed by atoms with Gasteiger partial charge in [0.25, 0.3) is 0 Å². The molecular formula is C11H17N5. The molecule has 0 fully saturated rings. The van der Waals surface area contributed by atoms with E-state index >= 15 is 0 Å². The third-order valence-electron chi connectivity index (χ3n) is 1.85. The molecule has 0 saturated carbocycles. The summed E-state index contributed by atoms with van der Waals surface area (Å²) in [5, 5.41) is 6.69. The minimum absolute atomic E-state index is 0.313. The molecule has 0 aliphatic rings. The minimum atomic E-state index is 0.313. The molecule has 16 heavy (non-hydrogen) atoms. The van der Waals surface area contributed by atoms with Crippen LogP contribution in [-0.4, -0.2) is 22.7 Å². The molecule has 0 radical (unpaired) electrons. The second kappa shape index (κ2) is 5.85. The molecule has 1 aromatic heterocycles. The number of anilines is 1. The Balaban J connectivity index is 2.85. The average Bonchev–Trinajstić information content (AvgIpc) is 2.25. The van der Waals surface area contributed by atoms with Gasteiger partial charge in [0.2, 0.25) is 5.95 Å². The Hall–Kier alpha value is -1.91. The van der Waals surface area contributed by atoms with Crippen LogP contribution >= 0.6 is 0 Å². The lowest BCUT2D eigenvalue weighted by Crippen LogP contribution is -2.12. The van der Waals surface area contributed by atoms with Crippen LogP contribution in [0.5, 0.6) is 0 Å². The number of aromatic nitrogens is 2. The average molecular weight is 219 g/mol. The Morgan fingerprint density at radius 2 is 2.31 bits per heavy atom. The highest BCUT2D eigenvalue weighted by molar-refractivity contribution is 5.60. The highest BCUT2D eigenvalue weighted by Gasteiger charge is 2.01. The third kappa shape index (κ3) is 3.68. The van der Waals surface area contributed by atoms with Gasteiger partial charge in [0.1, 0.15) is 0 Å². The van der Waals surface area contributed by atoms with E-state index in [0.29, 0.717) is 12.0 Å². The van der Waals surface area contributed by atoms with Crippen molar-refractivity contribution in [3.63, 3.8) is 0 Å². The van der Waals surface area contributed by atoms with Gasteiger partial charge in [-0.05, 0) is 32.4 Å². The van der Waals surface area contributed by atoms with Crippen molar-refractivity contribution in [1.29, 1.82) is 0 Å². The molecule has 0 aliphatic heterocycles. The van der Waals surface area contributed by atoms with Gasteiger partial charge in [-0.25, -0.2) is 9.97 Å². The first-order valence-electron chi connectivity index (χ1n) is 5.11. The molecule has 1 aromatic rings. The van der Waals surface area contributed by atoms with Gasteiger partial charge < -0.3 is 5.32 Å². The second-order valence-corrected chi connectivity index (χ2v) is 3.68. The molecule has 0 spiro atoms. The highest BCUT2D eigenvalue weighted by Crippen LogP contribution is 2.11. The van der Waals surface area contributed by atoms with Gasteiger partial charge in [-0.15, -0.1) is 0 Å². The molecule has 5 heteroatoms. The van der Waals surface area contributed by atoms with Crippen LogP contribution in [0.3, 0.4) is 0 Å². The van der Waals surface area contributed by atoms with Crippen molar-refractivity contribution < 1.29 is 0 Å². The number of hydrazone groups is 1. The number of hydrogen-bond donors (Lipinski definition) is 2. The molecule has 0 amide bonds. The summed E-state index contributed by atoms with van der Waals surface area (Å²) in [6.45, 7) is 9.36. The van der Waals surface area contributed by atoms with E-state index in [0.717, 1.165) is 11.3 Å². The van der Waals surface area contributed by atoms with E-state index in [2.05, 4.69) is 32.5 Å². The van der Waals surface area contributed by atoms with E-state index in [1.54, 1.807) is 12.4 Å². The first kappa shape index (κ1) is 12.2. The molecule has 86 valence electrons. The molecule has 0 unspecified atom stereocenters. The second-order valence-electron chi connectivity index (χ2n) is 3.68. The fourth-order valence-electron chi connectivity index (χ4n) is 1.12. The van der Waals surface area contributed by atoms with Crippen molar-refractivity contribution in [3.8, 4) is 0 Å². The molecule has 1 rings (SSSR count). The van der Waals surface area contributed by atoms with Crippen LogP contribution in [0.4, 0.5) is 5.95 Å². The van der Waals surface area contributed by atoms with E-state index in [9.17, 15) is 0 Å². The van der Waals surface area contributed by atoms with Crippen LogP contribution in [0, 0.1) is 0 Å². The predicted molar refractivity (Wildman–Crippen MR) is 67.1 cm³/mol. The summed E-state index contributed by atoms with van der Waals surface area (Å²) < 4.78 is 0. The topological polar surface area (TPSA) is 62.2 Å². The van der Waals surface area contributed by atoms with Crippen LogP contribution in [0.15, 0.2) is 23.6 Å². The zero-order valence-corrected chi connectivity index (χ0v) is 9.86. The molecule has 0 aromatic carbocycles. The number of nitrogens with zero attached hydrogens (tertiary/aromatic N) is 3. The monoisotopic (exact) mass is 219 g/mol. The first-order chi connectivity index (χ1) is 7.63. The lowest BCUT2D eigenvalue weighted by Gasteiger charge is -2.09. The zero-order chi connectivity index (χ0) is 12.0. The summed E-state index contributed by atoms with van der Waals surface area (Å²) in [7, 11) is 0. The smallest absolute Gasteiger partial charge is 0.223 e. The van der Waals surface area contributed by atoms with Crippen molar-refractivity contribution in [2.45, 2.75) is 26.8 Å². The van der Waals surface area contributed by atoms with Crippen molar-refractivity contribution in [3.05, 3.63) is 24.2 Å². The van der Waals surface area contributed by atoms with E-state index in [4.69, 9.17) is 0 Å². The van der Waals surface area contributed by atoms with Crippen LogP contribution in [0.1, 0.15) is 26.5 Å². The van der Waals surface area contributed by atoms with E-state index in [1.807, 2.05) is 26.8 Å². The summed E-state index contributed by atoms with van der Waals surface area (Å²) in [6.07, 6.45) is 3.47. The summed E-state index contributed by atoms with van der Waals surface area (Å²) in [4.78, 5) is 8.51. The Kier molecular flexibility index (Phi) is 4.44. The first-order valence-corrected chi connectivity index (χ1v) is 5.11. The summed E-state index contributed by atoms with van der Waals surface area (Å²) >= 11 is 0. The van der Waals surface area contributed by atoms with Crippen molar-refractivity contribution >= 4 is 18.2 Å². The molecule has 0 bridgehead atoms. The number of nitrogens with one attached hydrogen (secondary N) is 2. The van der Waals surface area contributed by atoms with Gasteiger partial charge in [0.15, 0.2) is 0 Å². The van der Waals surface area contributed by atoms with Crippen LogP contribution in [0.25, 0.3) is 5.57 Å². The third-order valence-corrected chi connectivity index (χ3v) is 1.85. The largest absolute Gasteiger partial charge is 0.352 e. The maximum Gasteiger partial charge on any atom is 0.223 e. The SMILES string of the molecule is C=NN/C=C(\C)c1ccnc(NC(C)C)n1. The Bertz CT molecular complexity index is 384. The van der Waals surface area contributed by atoms with Gasteiger partial charge in [0.05, 0.1) is 5.69 Å². The lowest BCUT2D eigenvalue weighted by molar-refractivity contribution is 0.872. The predicted octanol–water partition coefficient (Wildman–Crippen LogP) is 1.86. The summed E-state index contributed by atoms with van der Waals surface area (Å²) in [5.41, 5.74) is 4.51. The van der Waals surface area contributed by atoms with Crippen molar-refractivity contribution in [2.75, 3.05) is 5.32 Å². The fraction of sp³-hybridized carbons (Fsp3) is 0.364. The molecule has 1 heterocycles. The van der Waals surface area contributed by atoms with E-state index < -0.39 is 0 Å². The molecule has 0 saturated heterocycles. The normalized spacial score (nSPS) is 11.4. The number of allylic oxidation sites excluding steroid dienone is 1. The maximum atomic E-state index is 4.37. The maximum absolute atomic E-state index is 4.37. The number of rotatable bonds is 5. The fourth-order valence-corrected chi connectivity index (χ4v) is 1.12. The van der Waals surface area contributed by atoms with E-state index in [1.165, 1.54) is 0 Å². The molecule has 0 aliphatic carbocycles. The molecular weight excluding hydrogens is 202 g/mol. The van der Waals surface area contributed by atoms with Gasteiger partial charge in [-0.2, -0.15) is 5.10 Å². The van der Waals surface area contributed by atoms with Crippen LogP contribution < -0.4 is 10.7 Å². The summed E-state index contributed by atoms with van der Waals surface area (Å²) in [6, 6.07) is 2.16. The van der Waals surface area contributed by atoms with Gasteiger partial charge in [0, 0.05) is 25.2 Å². The highest BCUT2D eigenvalue weighted by atomic mass is 15.3. The number of hydrogen-bond acceptors (Lipinski definition) is 5. The van der Waals surface area contributed by atoms with Gasteiger partial charge in [-0.3, -0.25) is 5.43 Å². The quantitative estimate of drug-likeness (QED) is 0.586. The van der Waals surface area contributed by atoms with Crippen LogP contribution in [-0.2, 0) is 0 Å². The minimum Gasteiger partial charge on any atom is -0.352 e. The Labute approximate surface area is 95.7 Å². The van der Waals surface area contributed by atoms with Gasteiger partial charge in [-0.1, -0.05) is 0 Å². The Morgan fingerprint density at radius 1 is 1.56 bits per heavy atom. The van der Waals surface area contributed by atoms with Crippen molar-refractivity contribution in [2.24, 2.45) is 5.10 Å². The van der Waals surface area contributed by atoms with E-state index in [-0.39, 0.29) is 0 Å². The summed E-state index contributed by atoms with van der Waals surface area (Å²) in [5.74, 6) is 0.631. The molecule has 5 nitrogen and oxygen atoms in total. The lowest BCUT2D eigenvalue weighted by atomic mass is 10.2. The Morgan fingerprint density at radius 3 is 2.94 bits per heavy atom. The zero-order valence-electron chi connectivity index (χ0n) is 9.86. The van der Waals surface area contributed by atoms with Gasteiger partial charge >= 0.3 is 0 Å². The standard InChI is InChI=1S/C11H17N5/c1-8(2)15-11-13-6-5-10(16-11)9(3)7-14-12-4/h5-8,14H,4H2,1-3H3,(H,13,15,16)/b9-7+. The molecule has 0 atom stereocenters. The molecule has 2 N–H and O–H groups in total.